The molecule has 0 atom stereocenters. The van der Waals surface area contributed by atoms with Gasteiger partial charge in [0.2, 0.25) is 0 Å². The highest BCUT2D eigenvalue weighted by Gasteiger charge is 2.30. The number of nitrogens with zero attached hydrogens (tertiary/aromatic N) is 6. The first-order chi connectivity index (χ1) is 16.2. The summed E-state index contributed by atoms with van der Waals surface area (Å²) in [5.74, 6) is -0.294. The molecule has 9 heteroatoms. The first kappa shape index (κ1) is 20.3. The minimum Gasteiger partial charge on any atom is -0.344 e. The van der Waals surface area contributed by atoms with Crippen LogP contribution >= 0.6 is 11.3 Å². The third-order valence-corrected chi connectivity index (χ3v) is 7.49. The number of anilines is 1. The van der Waals surface area contributed by atoms with Gasteiger partial charge in [0.05, 0.1) is 5.69 Å². The van der Waals surface area contributed by atoms with Gasteiger partial charge in [-0.15, -0.1) is 0 Å². The SMILES string of the molecule is O=C(c1nn(-c2ccc(F)cc2)c2c1CCCC2)N1CCN(c2nc3cccnc3s2)CC1. The Hall–Kier alpha value is -3.33. The minimum absolute atomic E-state index is 0.0142. The number of piperazine rings is 1. The average molecular weight is 463 g/mol. The van der Waals surface area contributed by atoms with Crippen LogP contribution in [0.15, 0.2) is 42.6 Å². The number of carbonyl (C=O) groups is 1. The monoisotopic (exact) mass is 462 g/mol. The van der Waals surface area contributed by atoms with Crippen LogP contribution in [0.2, 0.25) is 0 Å². The van der Waals surface area contributed by atoms with E-state index in [1.165, 1.54) is 12.1 Å². The molecule has 2 aliphatic rings. The number of hydrogen-bond acceptors (Lipinski definition) is 6. The number of halogens is 1. The summed E-state index contributed by atoms with van der Waals surface area (Å²) < 4.78 is 15.3. The molecular weight excluding hydrogens is 439 g/mol. The van der Waals surface area contributed by atoms with Crippen LogP contribution in [0.3, 0.4) is 0 Å². The van der Waals surface area contributed by atoms with Crippen LogP contribution in [-0.2, 0) is 12.8 Å². The van der Waals surface area contributed by atoms with Gasteiger partial charge in [0.15, 0.2) is 10.8 Å². The van der Waals surface area contributed by atoms with Crippen molar-refractivity contribution in [1.82, 2.24) is 24.6 Å². The number of carbonyl (C=O) groups excluding carboxylic acids is 1. The highest BCUT2D eigenvalue weighted by atomic mass is 32.1. The van der Waals surface area contributed by atoms with Crippen LogP contribution in [0, 0.1) is 5.82 Å². The molecule has 0 saturated carbocycles. The molecule has 6 rings (SSSR count). The first-order valence-corrected chi connectivity index (χ1v) is 12.1. The molecule has 4 aromatic rings. The van der Waals surface area contributed by atoms with Crippen molar-refractivity contribution in [3.05, 3.63) is 65.4 Å². The zero-order chi connectivity index (χ0) is 22.4. The van der Waals surface area contributed by atoms with Crippen LogP contribution in [0.25, 0.3) is 16.0 Å². The normalized spacial score (nSPS) is 16.3. The lowest BCUT2D eigenvalue weighted by Crippen LogP contribution is -2.49. The van der Waals surface area contributed by atoms with Crippen molar-refractivity contribution in [2.24, 2.45) is 0 Å². The molecule has 0 radical (unpaired) electrons. The number of fused-ring (bicyclic) bond motifs is 2. The van der Waals surface area contributed by atoms with Gasteiger partial charge in [-0.1, -0.05) is 11.3 Å². The summed E-state index contributed by atoms with van der Waals surface area (Å²) in [7, 11) is 0. The minimum atomic E-state index is -0.280. The molecule has 1 amide bonds. The Kier molecular flexibility index (Phi) is 5.05. The zero-order valence-electron chi connectivity index (χ0n) is 18.1. The fourth-order valence-electron chi connectivity index (χ4n) is 4.71. The molecule has 7 nitrogen and oxygen atoms in total. The third kappa shape index (κ3) is 3.66. The van der Waals surface area contributed by atoms with Crippen molar-refractivity contribution >= 4 is 32.7 Å². The van der Waals surface area contributed by atoms with E-state index in [2.05, 4.69) is 9.88 Å². The van der Waals surface area contributed by atoms with Crippen molar-refractivity contribution in [3.63, 3.8) is 0 Å². The van der Waals surface area contributed by atoms with Gasteiger partial charge in [-0.3, -0.25) is 4.79 Å². The fraction of sp³-hybridized carbons (Fsp3) is 0.333. The lowest BCUT2D eigenvalue weighted by Gasteiger charge is -2.34. The molecule has 4 heterocycles. The number of aromatic nitrogens is 4. The molecule has 168 valence electrons. The Morgan fingerprint density at radius 1 is 1.00 bits per heavy atom. The van der Waals surface area contributed by atoms with Crippen LogP contribution < -0.4 is 4.90 Å². The van der Waals surface area contributed by atoms with Crippen LogP contribution in [0.5, 0.6) is 0 Å². The van der Waals surface area contributed by atoms with Gasteiger partial charge in [-0.2, -0.15) is 5.10 Å². The van der Waals surface area contributed by atoms with Crippen molar-refractivity contribution in [2.75, 3.05) is 31.1 Å². The number of rotatable bonds is 3. The Bertz CT molecular complexity index is 1290. The molecule has 0 unspecified atom stereocenters. The molecule has 1 aliphatic heterocycles. The molecule has 1 fully saturated rings. The van der Waals surface area contributed by atoms with Crippen molar-refractivity contribution in [1.29, 1.82) is 0 Å². The summed E-state index contributed by atoms with van der Waals surface area (Å²) in [6, 6.07) is 10.2. The molecule has 1 saturated heterocycles. The van der Waals surface area contributed by atoms with Gasteiger partial charge in [0.1, 0.15) is 16.2 Å². The Labute approximate surface area is 194 Å². The maximum absolute atomic E-state index is 13.5. The summed E-state index contributed by atoms with van der Waals surface area (Å²) in [6.45, 7) is 2.71. The van der Waals surface area contributed by atoms with E-state index < -0.39 is 0 Å². The second-order valence-corrected chi connectivity index (χ2v) is 9.43. The molecule has 1 aromatic carbocycles. The third-order valence-electron chi connectivity index (χ3n) is 6.45. The molecule has 3 aromatic heterocycles. The molecule has 0 spiro atoms. The fourth-order valence-corrected chi connectivity index (χ4v) is 5.67. The summed E-state index contributed by atoms with van der Waals surface area (Å²) in [4.78, 5) is 27.6. The molecule has 1 aliphatic carbocycles. The van der Waals surface area contributed by atoms with E-state index in [0.29, 0.717) is 18.8 Å². The number of pyridine rings is 1. The van der Waals surface area contributed by atoms with Gasteiger partial charge < -0.3 is 9.80 Å². The smallest absolute Gasteiger partial charge is 0.274 e. The van der Waals surface area contributed by atoms with Crippen molar-refractivity contribution in [2.45, 2.75) is 25.7 Å². The maximum Gasteiger partial charge on any atom is 0.274 e. The van der Waals surface area contributed by atoms with E-state index in [1.54, 1.807) is 29.7 Å². The highest BCUT2D eigenvalue weighted by Crippen LogP contribution is 2.30. The van der Waals surface area contributed by atoms with E-state index in [1.807, 2.05) is 21.7 Å². The van der Waals surface area contributed by atoms with Gasteiger partial charge in [0, 0.05) is 43.6 Å². The molecule has 0 bridgehead atoms. The van der Waals surface area contributed by atoms with Gasteiger partial charge in [-0.25, -0.2) is 19.0 Å². The number of amides is 1. The van der Waals surface area contributed by atoms with Gasteiger partial charge in [0.25, 0.3) is 5.91 Å². The highest BCUT2D eigenvalue weighted by molar-refractivity contribution is 7.21. The van der Waals surface area contributed by atoms with Crippen LogP contribution in [0.1, 0.15) is 34.6 Å². The predicted molar refractivity (Wildman–Crippen MR) is 126 cm³/mol. The lowest BCUT2D eigenvalue weighted by atomic mass is 9.95. The molecule has 0 N–H and O–H groups in total. The second kappa shape index (κ2) is 8.22. The first-order valence-electron chi connectivity index (χ1n) is 11.3. The topological polar surface area (TPSA) is 67.2 Å². The lowest BCUT2D eigenvalue weighted by molar-refractivity contribution is 0.0739. The average Bonchev–Trinajstić information content (AvgIpc) is 3.46. The van der Waals surface area contributed by atoms with E-state index in [9.17, 15) is 9.18 Å². The van der Waals surface area contributed by atoms with Crippen LogP contribution in [-0.4, -0.2) is 56.7 Å². The van der Waals surface area contributed by atoms with Crippen molar-refractivity contribution < 1.29 is 9.18 Å². The molecule has 33 heavy (non-hydrogen) atoms. The molecular formula is C24H23FN6OS. The van der Waals surface area contributed by atoms with Crippen molar-refractivity contribution in [3.8, 4) is 5.69 Å². The van der Waals surface area contributed by atoms with Gasteiger partial charge in [-0.05, 0) is 62.1 Å². The standard InChI is InChI=1S/C24H23FN6OS/c25-16-7-9-17(10-8-16)31-20-6-2-1-4-18(20)21(28-31)23(32)29-12-14-30(15-13-29)24-27-19-5-3-11-26-22(19)33-24/h3,5,7-11H,1-2,4,6,12-15H2. The summed E-state index contributed by atoms with van der Waals surface area (Å²) >= 11 is 1.59. The van der Waals surface area contributed by atoms with Gasteiger partial charge >= 0.3 is 0 Å². The number of thiazole rings is 1. The van der Waals surface area contributed by atoms with E-state index in [0.717, 1.165) is 71.2 Å². The summed E-state index contributed by atoms with van der Waals surface area (Å²) in [5, 5.41) is 5.70. The maximum atomic E-state index is 13.5. The second-order valence-electron chi connectivity index (χ2n) is 8.47. The predicted octanol–water partition coefficient (Wildman–Crippen LogP) is 3.86. The van der Waals surface area contributed by atoms with E-state index in [4.69, 9.17) is 10.1 Å². The Morgan fingerprint density at radius 3 is 2.58 bits per heavy atom. The van der Waals surface area contributed by atoms with Crippen LogP contribution in [0.4, 0.5) is 9.52 Å². The number of hydrogen-bond donors (Lipinski definition) is 0. The quantitative estimate of drug-likeness (QED) is 0.463. The Balaban J connectivity index is 1.23. The summed E-state index contributed by atoms with van der Waals surface area (Å²) in [5.41, 5.74) is 4.38. The zero-order valence-corrected chi connectivity index (χ0v) is 18.9. The number of benzene rings is 1. The van der Waals surface area contributed by atoms with E-state index in [-0.39, 0.29) is 11.7 Å². The van der Waals surface area contributed by atoms with E-state index >= 15 is 0 Å². The summed E-state index contributed by atoms with van der Waals surface area (Å²) in [6.07, 6.45) is 5.65. The largest absolute Gasteiger partial charge is 0.344 e. The Morgan fingerprint density at radius 2 is 1.79 bits per heavy atom.